The highest BCUT2D eigenvalue weighted by molar-refractivity contribution is 5.15. The fraction of sp³-hybridized carbons (Fsp3) is 0.571. The van der Waals surface area contributed by atoms with E-state index in [1.807, 2.05) is 18.2 Å². The van der Waals surface area contributed by atoms with Gasteiger partial charge >= 0.3 is 0 Å². The highest BCUT2D eigenvalue weighted by Gasteiger charge is 2.15. The van der Waals surface area contributed by atoms with Gasteiger partial charge in [0, 0.05) is 12.6 Å². The van der Waals surface area contributed by atoms with Crippen LogP contribution in [-0.4, -0.2) is 25.5 Å². The molecule has 1 aliphatic heterocycles. The van der Waals surface area contributed by atoms with Crippen molar-refractivity contribution in [1.29, 1.82) is 0 Å². The van der Waals surface area contributed by atoms with Crippen LogP contribution >= 0.6 is 0 Å². The largest absolute Gasteiger partial charge is 0.353 e. The van der Waals surface area contributed by atoms with Gasteiger partial charge in [0.15, 0.2) is 6.29 Å². The van der Waals surface area contributed by atoms with Crippen molar-refractivity contribution in [3.63, 3.8) is 0 Å². The SMILES string of the molecule is NC(COC1CCCCO1)Cc1ccccc1. The summed E-state index contributed by atoms with van der Waals surface area (Å²) in [5.74, 6) is 0. The lowest BCUT2D eigenvalue weighted by atomic mass is 10.1. The van der Waals surface area contributed by atoms with Gasteiger partial charge in [-0.2, -0.15) is 0 Å². The van der Waals surface area contributed by atoms with Gasteiger partial charge in [0.25, 0.3) is 0 Å². The van der Waals surface area contributed by atoms with Crippen LogP contribution < -0.4 is 5.73 Å². The lowest BCUT2D eigenvalue weighted by molar-refractivity contribution is -0.164. The summed E-state index contributed by atoms with van der Waals surface area (Å²) in [6.07, 6.45) is 4.16. The van der Waals surface area contributed by atoms with Crippen LogP contribution in [0.5, 0.6) is 0 Å². The maximum absolute atomic E-state index is 6.04. The summed E-state index contributed by atoms with van der Waals surface area (Å²) in [5.41, 5.74) is 7.30. The standard InChI is InChI=1S/C14H21NO2/c15-13(10-12-6-2-1-3-7-12)11-17-14-8-4-5-9-16-14/h1-3,6-7,13-14H,4-5,8-11,15H2. The Labute approximate surface area is 103 Å². The fourth-order valence-corrected chi connectivity index (χ4v) is 2.05. The van der Waals surface area contributed by atoms with Gasteiger partial charge in [-0.3, -0.25) is 0 Å². The van der Waals surface area contributed by atoms with Gasteiger partial charge in [-0.15, -0.1) is 0 Å². The summed E-state index contributed by atoms with van der Waals surface area (Å²) in [5, 5.41) is 0. The minimum atomic E-state index is -0.0365. The molecule has 0 radical (unpaired) electrons. The molecule has 2 atom stereocenters. The summed E-state index contributed by atoms with van der Waals surface area (Å²) < 4.78 is 11.2. The molecule has 94 valence electrons. The second-order valence-corrected chi connectivity index (χ2v) is 4.58. The Morgan fingerprint density at radius 3 is 2.82 bits per heavy atom. The molecule has 1 aromatic rings. The molecule has 1 aromatic carbocycles. The van der Waals surface area contributed by atoms with Gasteiger partial charge in [0.05, 0.1) is 6.61 Å². The van der Waals surface area contributed by atoms with Gasteiger partial charge < -0.3 is 15.2 Å². The van der Waals surface area contributed by atoms with Crippen molar-refractivity contribution in [3.8, 4) is 0 Å². The molecule has 0 aliphatic carbocycles. The van der Waals surface area contributed by atoms with Crippen molar-refractivity contribution in [2.75, 3.05) is 13.2 Å². The zero-order chi connectivity index (χ0) is 11.9. The van der Waals surface area contributed by atoms with Crippen LogP contribution in [0, 0.1) is 0 Å². The van der Waals surface area contributed by atoms with Crippen molar-refractivity contribution in [1.82, 2.24) is 0 Å². The maximum atomic E-state index is 6.04. The van der Waals surface area contributed by atoms with Crippen molar-refractivity contribution in [3.05, 3.63) is 35.9 Å². The molecular weight excluding hydrogens is 214 g/mol. The van der Waals surface area contributed by atoms with E-state index < -0.39 is 0 Å². The van der Waals surface area contributed by atoms with Crippen LogP contribution in [0.4, 0.5) is 0 Å². The summed E-state index contributed by atoms with van der Waals surface area (Å²) in [4.78, 5) is 0. The Morgan fingerprint density at radius 1 is 1.29 bits per heavy atom. The molecule has 0 amide bonds. The average molecular weight is 235 g/mol. The lowest BCUT2D eigenvalue weighted by Gasteiger charge is -2.24. The first kappa shape index (κ1) is 12.6. The third-order valence-corrected chi connectivity index (χ3v) is 2.97. The van der Waals surface area contributed by atoms with E-state index in [0.29, 0.717) is 6.61 Å². The topological polar surface area (TPSA) is 44.5 Å². The number of hydrogen-bond donors (Lipinski definition) is 1. The smallest absolute Gasteiger partial charge is 0.157 e. The Morgan fingerprint density at radius 2 is 2.12 bits per heavy atom. The van der Waals surface area contributed by atoms with Gasteiger partial charge in [0.1, 0.15) is 0 Å². The normalized spacial score (nSPS) is 22.3. The third kappa shape index (κ3) is 4.46. The number of hydrogen-bond acceptors (Lipinski definition) is 3. The summed E-state index contributed by atoms with van der Waals surface area (Å²) in [6, 6.07) is 10.3. The van der Waals surface area contributed by atoms with E-state index in [1.54, 1.807) is 0 Å². The maximum Gasteiger partial charge on any atom is 0.157 e. The van der Waals surface area contributed by atoms with Crippen molar-refractivity contribution < 1.29 is 9.47 Å². The van der Waals surface area contributed by atoms with Gasteiger partial charge in [-0.25, -0.2) is 0 Å². The predicted molar refractivity (Wildman–Crippen MR) is 67.7 cm³/mol. The summed E-state index contributed by atoms with van der Waals surface area (Å²) in [6.45, 7) is 1.39. The van der Waals surface area contributed by atoms with E-state index in [4.69, 9.17) is 15.2 Å². The number of nitrogens with two attached hydrogens (primary N) is 1. The Balaban J connectivity index is 1.68. The minimum Gasteiger partial charge on any atom is -0.353 e. The van der Waals surface area contributed by atoms with E-state index in [1.165, 1.54) is 12.0 Å². The number of ether oxygens (including phenoxy) is 2. The molecular formula is C14H21NO2. The molecule has 0 aromatic heterocycles. The monoisotopic (exact) mass is 235 g/mol. The lowest BCUT2D eigenvalue weighted by Crippen LogP contribution is -2.33. The van der Waals surface area contributed by atoms with Crippen molar-refractivity contribution in [2.24, 2.45) is 5.73 Å². The minimum absolute atomic E-state index is 0.0365. The van der Waals surface area contributed by atoms with Gasteiger partial charge in [-0.05, 0) is 31.2 Å². The molecule has 1 aliphatic rings. The van der Waals surface area contributed by atoms with Crippen molar-refractivity contribution in [2.45, 2.75) is 38.0 Å². The highest BCUT2D eigenvalue weighted by Crippen LogP contribution is 2.14. The summed E-state index contributed by atoms with van der Waals surface area (Å²) >= 11 is 0. The Kier molecular flexibility index (Phi) is 4.98. The molecule has 1 fully saturated rings. The van der Waals surface area contributed by atoms with Crippen LogP contribution in [-0.2, 0) is 15.9 Å². The molecule has 1 heterocycles. The van der Waals surface area contributed by atoms with Crippen LogP contribution in [0.25, 0.3) is 0 Å². The van der Waals surface area contributed by atoms with E-state index in [-0.39, 0.29) is 12.3 Å². The second kappa shape index (κ2) is 6.74. The molecule has 2 N–H and O–H groups in total. The van der Waals surface area contributed by atoms with Gasteiger partial charge in [0.2, 0.25) is 0 Å². The molecule has 2 unspecified atom stereocenters. The van der Waals surface area contributed by atoms with E-state index in [2.05, 4.69) is 12.1 Å². The first-order valence-corrected chi connectivity index (χ1v) is 6.37. The first-order valence-electron chi connectivity index (χ1n) is 6.37. The zero-order valence-corrected chi connectivity index (χ0v) is 10.2. The molecule has 2 rings (SSSR count). The zero-order valence-electron chi connectivity index (χ0n) is 10.2. The molecule has 17 heavy (non-hydrogen) atoms. The molecule has 0 bridgehead atoms. The van der Waals surface area contributed by atoms with Crippen LogP contribution in [0.2, 0.25) is 0 Å². The summed E-state index contributed by atoms with van der Waals surface area (Å²) in [7, 11) is 0. The fourth-order valence-electron chi connectivity index (χ4n) is 2.05. The Bertz CT molecular complexity index is 309. The van der Waals surface area contributed by atoms with Crippen LogP contribution in [0.1, 0.15) is 24.8 Å². The quantitative estimate of drug-likeness (QED) is 0.850. The average Bonchev–Trinajstić information content (AvgIpc) is 2.39. The van der Waals surface area contributed by atoms with E-state index in [0.717, 1.165) is 25.9 Å². The third-order valence-electron chi connectivity index (χ3n) is 2.97. The number of rotatable bonds is 5. The first-order chi connectivity index (χ1) is 8.34. The predicted octanol–water partition coefficient (Wildman–Crippen LogP) is 2.10. The second-order valence-electron chi connectivity index (χ2n) is 4.58. The molecule has 3 nitrogen and oxygen atoms in total. The molecule has 0 saturated carbocycles. The van der Waals surface area contributed by atoms with Crippen LogP contribution in [0.15, 0.2) is 30.3 Å². The molecule has 0 spiro atoms. The molecule has 3 heteroatoms. The van der Waals surface area contributed by atoms with Gasteiger partial charge in [-0.1, -0.05) is 30.3 Å². The Hall–Kier alpha value is -0.900. The highest BCUT2D eigenvalue weighted by atomic mass is 16.7. The number of benzene rings is 1. The van der Waals surface area contributed by atoms with E-state index >= 15 is 0 Å². The van der Waals surface area contributed by atoms with Crippen LogP contribution in [0.3, 0.4) is 0 Å². The van der Waals surface area contributed by atoms with E-state index in [9.17, 15) is 0 Å². The van der Waals surface area contributed by atoms with Crippen molar-refractivity contribution >= 4 is 0 Å². The molecule has 1 saturated heterocycles.